The first-order valence-corrected chi connectivity index (χ1v) is 9.69. The van der Waals surface area contributed by atoms with E-state index in [2.05, 4.69) is 60.7 Å². The molecule has 0 radical (unpaired) electrons. The molecule has 0 bridgehead atoms. The van der Waals surface area contributed by atoms with Crippen LogP contribution in [0.5, 0.6) is 0 Å². The molecule has 4 unspecified atom stereocenters. The van der Waals surface area contributed by atoms with Gasteiger partial charge in [0.2, 0.25) is 0 Å². The minimum absolute atomic E-state index is 0.0909. The highest BCUT2D eigenvalue weighted by Crippen LogP contribution is 2.23. The fourth-order valence-corrected chi connectivity index (χ4v) is 2.82. The Morgan fingerprint density at radius 3 is 2.05 bits per heavy atom. The zero-order chi connectivity index (χ0) is 17.2. The van der Waals surface area contributed by atoms with Gasteiger partial charge in [-0.3, -0.25) is 0 Å². The van der Waals surface area contributed by atoms with E-state index in [1.54, 1.807) is 0 Å². The molecule has 0 aliphatic carbocycles. The smallest absolute Gasteiger partial charge is 0.0649 e. The van der Waals surface area contributed by atoms with E-state index in [-0.39, 0.29) is 5.60 Å². The van der Waals surface area contributed by atoms with Crippen LogP contribution in [0.2, 0.25) is 0 Å². The lowest BCUT2D eigenvalue weighted by molar-refractivity contribution is -0.0388. The summed E-state index contributed by atoms with van der Waals surface area (Å²) < 4.78 is 6.07. The van der Waals surface area contributed by atoms with Crippen molar-refractivity contribution in [3.05, 3.63) is 0 Å². The molecule has 0 aromatic rings. The van der Waals surface area contributed by atoms with Gasteiger partial charge in [0, 0.05) is 18.7 Å². The van der Waals surface area contributed by atoms with Crippen LogP contribution in [0.1, 0.15) is 93.9 Å². The van der Waals surface area contributed by atoms with Gasteiger partial charge in [-0.25, -0.2) is 0 Å². The van der Waals surface area contributed by atoms with Crippen LogP contribution < -0.4 is 5.32 Å². The third-order valence-electron chi connectivity index (χ3n) is 5.85. The Hall–Kier alpha value is -0.0800. The Kier molecular flexibility index (Phi) is 11.4. The van der Waals surface area contributed by atoms with Crippen molar-refractivity contribution in [1.29, 1.82) is 0 Å². The third kappa shape index (κ3) is 8.53. The van der Waals surface area contributed by atoms with Crippen molar-refractivity contribution in [1.82, 2.24) is 5.32 Å². The van der Waals surface area contributed by atoms with Crippen LogP contribution >= 0.6 is 0 Å². The normalized spacial score (nSPS) is 18.0. The summed E-state index contributed by atoms with van der Waals surface area (Å²) in [5.41, 5.74) is 0.0909. The minimum atomic E-state index is 0.0909. The molecule has 0 aliphatic heterocycles. The molecule has 0 aliphatic rings. The number of rotatable bonds is 13. The first kappa shape index (κ1) is 21.9. The quantitative estimate of drug-likeness (QED) is 0.434. The van der Waals surface area contributed by atoms with Crippen LogP contribution in [-0.4, -0.2) is 24.3 Å². The number of hydrogen-bond acceptors (Lipinski definition) is 2. The van der Waals surface area contributed by atoms with E-state index in [4.69, 9.17) is 4.74 Å². The van der Waals surface area contributed by atoms with Crippen molar-refractivity contribution >= 4 is 0 Å². The highest BCUT2D eigenvalue weighted by molar-refractivity contribution is 4.76. The van der Waals surface area contributed by atoms with E-state index < -0.39 is 0 Å². The van der Waals surface area contributed by atoms with Crippen LogP contribution in [0.3, 0.4) is 0 Å². The summed E-state index contributed by atoms with van der Waals surface area (Å²) in [5.74, 6) is 1.50. The van der Waals surface area contributed by atoms with Crippen LogP contribution in [0.15, 0.2) is 0 Å². The van der Waals surface area contributed by atoms with Gasteiger partial charge in [0.05, 0.1) is 5.60 Å². The Morgan fingerprint density at radius 2 is 1.55 bits per heavy atom. The fourth-order valence-electron chi connectivity index (χ4n) is 2.82. The molecule has 1 N–H and O–H groups in total. The Bertz CT molecular complexity index is 262. The van der Waals surface area contributed by atoms with Gasteiger partial charge < -0.3 is 10.1 Å². The van der Waals surface area contributed by atoms with Crippen LogP contribution in [0, 0.1) is 11.8 Å². The van der Waals surface area contributed by atoms with Crippen molar-refractivity contribution in [3.8, 4) is 0 Å². The molecule has 4 atom stereocenters. The van der Waals surface area contributed by atoms with E-state index in [0.29, 0.717) is 12.1 Å². The summed E-state index contributed by atoms with van der Waals surface area (Å²) in [5, 5.41) is 3.72. The molecule has 0 amide bonds. The molecular weight excluding hydrogens is 270 g/mol. The molecule has 134 valence electrons. The second-order valence-electron chi connectivity index (χ2n) is 7.60. The second kappa shape index (κ2) is 11.5. The van der Waals surface area contributed by atoms with Crippen molar-refractivity contribution in [2.75, 3.05) is 6.61 Å². The third-order valence-corrected chi connectivity index (χ3v) is 5.85. The van der Waals surface area contributed by atoms with Crippen molar-refractivity contribution < 1.29 is 4.74 Å². The maximum absolute atomic E-state index is 6.07. The molecule has 0 fully saturated rings. The zero-order valence-electron chi connectivity index (χ0n) is 16.7. The molecule has 0 saturated heterocycles. The SMILES string of the molecule is CCC(C)NC(C)C(C)C(C)CCCCOC(C)(CC)CC. The van der Waals surface area contributed by atoms with Gasteiger partial charge in [-0.05, 0) is 58.3 Å². The summed E-state index contributed by atoms with van der Waals surface area (Å²) in [7, 11) is 0. The summed E-state index contributed by atoms with van der Waals surface area (Å²) in [6, 6.07) is 1.23. The maximum atomic E-state index is 6.07. The van der Waals surface area contributed by atoms with Gasteiger partial charge >= 0.3 is 0 Å². The minimum Gasteiger partial charge on any atom is -0.375 e. The lowest BCUT2D eigenvalue weighted by Gasteiger charge is -2.30. The standard InChI is InChI=1S/C20H43NO/c1-9-17(5)21-19(7)18(6)16(4)14-12-13-15-22-20(8,10-2)11-3/h16-19,21H,9-15H2,1-8H3. The highest BCUT2D eigenvalue weighted by atomic mass is 16.5. The van der Waals surface area contributed by atoms with Crippen molar-refractivity contribution in [3.63, 3.8) is 0 Å². The number of ether oxygens (including phenoxy) is 1. The molecule has 0 aromatic heterocycles. The van der Waals surface area contributed by atoms with Gasteiger partial charge in [0.25, 0.3) is 0 Å². The molecule has 0 spiro atoms. The summed E-state index contributed by atoms with van der Waals surface area (Å²) >= 11 is 0. The fraction of sp³-hybridized carbons (Fsp3) is 1.00. The van der Waals surface area contributed by atoms with Gasteiger partial charge in [0.1, 0.15) is 0 Å². The first-order valence-electron chi connectivity index (χ1n) is 9.69. The van der Waals surface area contributed by atoms with E-state index >= 15 is 0 Å². The zero-order valence-corrected chi connectivity index (χ0v) is 16.7. The second-order valence-corrected chi connectivity index (χ2v) is 7.60. The highest BCUT2D eigenvalue weighted by Gasteiger charge is 2.21. The van der Waals surface area contributed by atoms with E-state index in [0.717, 1.165) is 31.3 Å². The average molecular weight is 314 g/mol. The molecule has 0 heterocycles. The first-order chi connectivity index (χ1) is 10.3. The summed E-state index contributed by atoms with van der Waals surface area (Å²) in [6.45, 7) is 19.3. The number of unbranched alkanes of at least 4 members (excludes halogenated alkanes) is 1. The monoisotopic (exact) mass is 313 g/mol. The lowest BCUT2D eigenvalue weighted by Crippen LogP contribution is -2.40. The Morgan fingerprint density at radius 1 is 0.955 bits per heavy atom. The topological polar surface area (TPSA) is 21.3 Å². The molecule has 2 nitrogen and oxygen atoms in total. The molecule has 0 rings (SSSR count). The van der Waals surface area contributed by atoms with E-state index in [9.17, 15) is 0 Å². The van der Waals surface area contributed by atoms with Crippen LogP contribution in [0.4, 0.5) is 0 Å². The van der Waals surface area contributed by atoms with E-state index in [1.807, 2.05) is 0 Å². The average Bonchev–Trinajstić information content (AvgIpc) is 2.52. The predicted molar refractivity (Wildman–Crippen MR) is 99.5 cm³/mol. The predicted octanol–water partition coefficient (Wildman–Crippen LogP) is 5.80. The van der Waals surface area contributed by atoms with Crippen LogP contribution in [0.25, 0.3) is 0 Å². The number of nitrogens with one attached hydrogen (secondary N) is 1. The van der Waals surface area contributed by atoms with Gasteiger partial charge in [-0.2, -0.15) is 0 Å². The van der Waals surface area contributed by atoms with Crippen LogP contribution in [-0.2, 0) is 4.74 Å². The number of hydrogen-bond donors (Lipinski definition) is 1. The molecular formula is C20H43NO. The molecule has 0 aromatic carbocycles. The van der Waals surface area contributed by atoms with Gasteiger partial charge in [-0.15, -0.1) is 0 Å². The molecule has 22 heavy (non-hydrogen) atoms. The largest absolute Gasteiger partial charge is 0.375 e. The Balaban J connectivity index is 3.91. The van der Waals surface area contributed by atoms with Gasteiger partial charge in [-0.1, -0.05) is 47.5 Å². The van der Waals surface area contributed by atoms with Crippen molar-refractivity contribution in [2.24, 2.45) is 11.8 Å². The van der Waals surface area contributed by atoms with E-state index in [1.165, 1.54) is 25.7 Å². The van der Waals surface area contributed by atoms with Crippen molar-refractivity contribution in [2.45, 2.75) is 112 Å². The van der Waals surface area contributed by atoms with Gasteiger partial charge in [0.15, 0.2) is 0 Å². The maximum Gasteiger partial charge on any atom is 0.0649 e. The molecule has 2 heteroatoms. The summed E-state index contributed by atoms with van der Waals surface area (Å²) in [4.78, 5) is 0. The Labute approximate surface area is 140 Å². The summed E-state index contributed by atoms with van der Waals surface area (Å²) in [6.07, 6.45) is 7.21. The molecule has 0 saturated carbocycles. The lowest BCUT2D eigenvalue weighted by atomic mass is 9.86.